The molecule has 0 bridgehead atoms. The molecule has 0 unspecified atom stereocenters. The molecule has 2 atom stereocenters. The van der Waals surface area contributed by atoms with Gasteiger partial charge in [-0.05, 0) is 12.1 Å². The van der Waals surface area contributed by atoms with Gasteiger partial charge in [0, 0.05) is 12.1 Å². The van der Waals surface area contributed by atoms with Crippen molar-refractivity contribution in [1.29, 1.82) is 0 Å². The van der Waals surface area contributed by atoms with Crippen molar-refractivity contribution in [1.82, 2.24) is 15.3 Å². The van der Waals surface area contributed by atoms with Crippen LogP contribution in [0.4, 0.5) is 0 Å². The van der Waals surface area contributed by atoms with Gasteiger partial charge in [0.1, 0.15) is 17.8 Å². The van der Waals surface area contributed by atoms with Crippen LogP contribution in [0, 0.1) is 0 Å². The third-order valence-electron chi connectivity index (χ3n) is 2.93. The SMILES string of the molecule is O=C(O)[C@H]1Cc2[nH]cnc2[C@H](c2ccco2)N1. The summed E-state index contributed by atoms with van der Waals surface area (Å²) >= 11 is 0. The first-order chi connectivity index (χ1) is 8.25. The molecule has 1 aliphatic rings. The fourth-order valence-electron chi connectivity index (χ4n) is 2.12. The van der Waals surface area contributed by atoms with E-state index in [1.54, 1.807) is 24.7 Å². The number of aliphatic carboxylic acids is 1. The zero-order valence-electron chi connectivity index (χ0n) is 8.88. The Morgan fingerprint density at radius 2 is 2.47 bits per heavy atom. The number of hydrogen-bond acceptors (Lipinski definition) is 4. The predicted octanol–water partition coefficient (Wildman–Crippen LogP) is 0.691. The molecule has 3 N–H and O–H groups in total. The fourth-order valence-corrected chi connectivity index (χ4v) is 2.12. The number of aromatic amines is 1. The molecule has 17 heavy (non-hydrogen) atoms. The molecule has 6 heteroatoms. The second-order valence-corrected chi connectivity index (χ2v) is 3.98. The van der Waals surface area contributed by atoms with Gasteiger partial charge in [-0.2, -0.15) is 0 Å². The zero-order chi connectivity index (χ0) is 11.8. The van der Waals surface area contributed by atoms with Crippen molar-refractivity contribution in [2.75, 3.05) is 0 Å². The lowest BCUT2D eigenvalue weighted by atomic mass is 9.98. The van der Waals surface area contributed by atoms with E-state index in [-0.39, 0.29) is 6.04 Å². The van der Waals surface area contributed by atoms with Gasteiger partial charge in [0.25, 0.3) is 0 Å². The normalized spacial score (nSPS) is 23.3. The molecular weight excluding hydrogens is 222 g/mol. The molecule has 2 aromatic rings. The highest BCUT2D eigenvalue weighted by atomic mass is 16.4. The largest absolute Gasteiger partial charge is 0.480 e. The smallest absolute Gasteiger partial charge is 0.321 e. The van der Waals surface area contributed by atoms with Crippen molar-refractivity contribution in [3.05, 3.63) is 41.9 Å². The molecule has 1 aliphatic heterocycles. The number of imidazole rings is 1. The van der Waals surface area contributed by atoms with E-state index in [0.29, 0.717) is 12.2 Å². The van der Waals surface area contributed by atoms with Gasteiger partial charge >= 0.3 is 5.97 Å². The van der Waals surface area contributed by atoms with E-state index in [1.165, 1.54) is 0 Å². The lowest BCUT2D eigenvalue weighted by Crippen LogP contribution is -2.45. The first kappa shape index (κ1) is 10.1. The van der Waals surface area contributed by atoms with Crippen LogP contribution >= 0.6 is 0 Å². The average Bonchev–Trinajstić information content (AvgIpc) is 2.98. The maximum Gasteiger partial charge on any atom is 0.321 e. The molecule has 0 fully saturated rings. The number of hydrogen-bond donors (Lipinski definition) is 3. The number of carbonyl (C=O) groups is 1. The van der Waals surface area contributed by atoms with E-state index in [4.69, 9.17) is 9.52 Å². The Bertz CT molecular complexity index is 532. The Morgan fingerprint density at radius 3 is 3.18 bits per heavy atom. The Labute approximate surface area is 96.7 Å². The van der Waals surface area contributed by atoms with E-state index >= 15 is 0 Å². The molecule has 0 radical (unpaired) electrons. The van der Waals surface area contributed by atoms with Gasteiger partial charge in [-0.3, -0.25) is 10.1 Å². The van der Waals surface area contributed by atoms with Crippen molar-refractivity contribution >= 4 is 5.97 Å². The molecule has 0 spiro atoms. The summed E-state index contributed by atoms with van der Waals surface area (Å²) in [6.45, 7) is 0. The number of nitrogens with zero attached hydrogens (tertiary/aromatic N) is 1. The fraction of sp³-hybridized carbons (Fsp3) is 0.273. The van der Waals surface area contributed by atoms with Crippen LogP contribution < -0.4 is 5.32 Å². The number of carboxylic acid groups (broad SMARTS) is 1. The lowest BCUT2D eigenvalue weighted by molar-refractivity contribution is -0.139. The summed E-state index contributed by atoms with van der Waals surface area (Å²) in [5, 5.41) is 12.1. The van der Waals surface area contributed by atoms with Crippen molar-refractivity contribution in [2.24, 2.45) is 0 Å². The minimum absolute atomic E-state index is 0.305. The number of carboxylic acids is 1. The van der Waals surface area contributed by atoms with Crippen molar-refractivity contribution in [3.63, 3.8) is 0 Å². The average molecular weight is 233 g/mol. The first-order valence-electron chi connectivity index (χ1n) is 5.30. The Morgan fingerprint density at radius 1 is 1.59 bits per heavy atom. The van der Waals surface area contributed by atoms with E-state index in [0.717, 1.165) is 11.4 Å². The third kappa shape index (κ3) is 1.62. The Kier molecular flexibility index (Phi) is 2.22. The molecular formula is C11H11N3O3. The number of H-pyrrole nitrogens is 1. The van der Waals surface area contributed by atoms with Crippen molar-refractivity contribution < 1.29 is 14.3 Å². The molecule has 0 aromatic carbocycles. The number of rotatable bonds is 2. The van der Waals surface area contributed by atoms with Crippen molar-refractivity contribution in [3.8, 4) is 0 Å². The van der Waals surface area contributed by atoms with Crippen LogP contribution in [-0.2, 0) is 11.2 Å². The first-order valence-corrected chi connectivity index (χ1v) is 5.30. The summed E-state index contributed by atoms with van der Waals surface area (Å²) in [5.74, 6) is -0.203. The summed E-state index contributed by atoms with van der Waals surface area (Å²) in [6, 6.07) is 2.65. The van der Waals surface area contributed by atoms with Crippen LogP contribution in [0.3, 0.4) is 0 Å². The molecule has 0 amide bonds. The van der Waals surface area contributed by atoms with Crippen molar-refractivity contribution in [2.45, 2.75) is 18.5 Å². The summed E-state index contributed by atoms with van der Waals surface area (Å²) in [4.78, 5) is 18.3. The molecule has 3 heterocycles. The highest BCUT2D eigenvalue weighted by Crippen LogP contribution is 2.28. The lowest BCUT2D eigenvalue weighted by Gasteiger charge is -2.26. The van der Waals surface area contributed by atoms with Crippen LogP contribution in [-0.4, -0.2) is 27.1 Å². The summed E-state index contributed by atoms with van der Waals surface area (Å²) in [7, 11) is 0. The molecule has 2 aromatic heterocycles. The van der Waals surface area contributed by atoms with Gasteiger partial charge in [-0.25, -0.2) is 4.98 Å². The van der Waals surface area contributed by atoms with Gasteiger partial charge < -0.3 is 14.5 Å². The number of furan rings is 1. The minimum atomic E-state index is -0.873. The zero-order valence-corrected chi connectivity index (χ0v) is 8.88. The maximum absolute atomic E-state index is 11.1. The van der Waals surface area contributed by atoms with E-state index in [9.17, 15) is 4.79 Å². The van der Waals surface area contributed by atoms with Crippen LogP contribution in [0.15, 0.2) is 29.1 Å². The molecule has 0 aliphatic carbocycles. The predicted molar refractivity (Wildman–Crippen MR) is 57.4 cm³/mol. The standard InChI is InChI=1S/C11H11N3O3/c15-11(16)7-4-6-9(13-5-12-6)10(14-7)8-2-1-3-17-8/h1-3,5,7,10,14H,4H2,(H,12,13)(H,15,16)/t7-,10+/m1/s1. The van der Waals surface area contributed by atoms with Crippen LogP contribution in [0.5, 0.6) is 0 Å². The Balaban J connectivity index is 2.01. The molecule has 6 nitrogen and oxygen atoms in total. The van der Waals surface area contributed by atoms with Crippen LogP contribution in [0.2, 0.25) is 0 Å². The van der Waals surface area contributed by atoms with E-state index < -0.39 is 12.0 Å². The van der Waals surface area contributed by atoms with Gasteiger partial charge in [0.05, 0.1) is 18.3 Å². The quantitative estimate of drug-likeness (QED) is 0.710. The van der Waals surface area contributed by atoms with E-state index in [1.807, 2.05) is 0 Å². The highest BCUT2D eigenvalue weighted by Gasteiger charge is 2.34. The number of aromatic nitrogens is 2. The second kappa shape index (κ2) is 3.74. The Hall–Kier alpha value is -2.08. The third-order valence-corrected chi connectivity index (χ3v) is 2.93. The van der Waals surface area contributed by atoms with Gasteiger partial charge in [-0.1, -0.05) is 0 Å². The summed E-state index contributed by atoms with van der Waals surface area (Å²) in [6.07, 6.45) is 3.54. The second-order valence-electron chi connectivity index (χ2n) is 3.98. The topological polar surface area (TPSA) is 91.1 Å². The molecule has 0 saturated heterocycles. The number of fused-ring (bicyclic) bond motifs is 1. The highest BCUT2D eigenvalue weighted by molar-refractivity contribution is 5.74. The monoisotopic (exact) mass is 233 g/mol. The maximum atomic E-state index is 11.1. The summed E-state index contributed by atoms with van der Waals surface area (Å²) < 4.78 is 5.32. The molecule has 88 valence electrons. The van der Waals surface area contributed by atoms with Crippen LogP contribution in [0.1, 0.15) is 23.2 Å². The van der Waals surface area contributed by atoms with E-state index in [2.05, 4.69) is 15.3 Å². The number of nitrogens with one attached hydrogen (secondary N) is 2. The molecule has 3 rings (SSSR count). The van der Waals surface area contributed by atoms with Gasteiger partial charge in [0.2, 0.25) is 0 Å². The van der Waals surface area contributed by atoms with Gasteiger partial charge in [0.15, 0.2) is 0 Å². The molecule has 0 saturated carbocycles. The minimum Gasteiger partial charge on any atom is -0.480 e. The van der Waals surface area contributed by atoms with Gasteiger partial charge in [-0.15, -0.1) is 0 Å². The van der Waals surface area contributed by atoms with Crippen LogP contribution in [0.25, 0.3) is 0 Å². The summed E-state index contributed by atoms with van der Waals surface area (Å²) in [5.41, 5.74) is 1.65.